The van der Waals surface area contributed by atoms with Crippen molar-refractivity contribution in [2.45, 2.75) is 70.6 Å². The van der Waals surface area contributed by atoms with E-state index in [0.29, 0.717) is 24.0 Å². The molecule has 3 rings (SSSR count). The molecule has 1 fully saturated rings. The van der Waals surface area contributed by atoms with Crippen molar-refractivity contribution in [1.29, 1.82) is 5.26 Å². The minimum Gasteiger partial charge on any atom is -0.492 e. The zero-order valence-corrected chi connectivity index (χ0v) is 16.7. The number of benzene rings is 2. The lowest BCUT2D eigenvalue weighted by Crippen LogP contribution is -2.12. The summed E-state index contributed by atoms with van der Waals surface area (Å²) in [7, 11) is 0. The summed E-state index contributed by atoms with van der Waals surface area (Å²) in [5.74, 6) is 1.97. The van der Waals surface area contributed by atoms with Gasteiger partial charge in [-0.2, -0.15) is 5.26 Å². The molecule has 2 nitrogen and oxygen atoms in total. The Morgan fingerprint density at radius 3 is 2.11 bits per heavy atom. The molecule has 0 heterocycles. The van der Waals surface area contributed by atoms with E-state index >= 15 is 0 Å². The Kier molecular flexibility index (Phi) is 6.93. The molecule has 1 aliphatic rings. The largest absolute Gasteiger partial charge is 0.492 e. The third-order valence-corrected chi connectivity index (χ3v) is 5.77. The van der Waals surface area contributed by atoms with Crippen molar-refractivity contribution in [3.63, 3.8) is 0 Å². The van der Waals surface area contributed by atoms with Crippen molar-refractivity contribution >= 4 is 0 Å². The summed E-state index contributed by atoms with van der Waals surface area (Å²) in [6.45, 7) is 4.97. The molecule has 2 aromatic carbocycles. The molecule has 2 aromatic rings. The lowest BCUT2D eigenvalue weighted by molar-refractivity contribution is 0.316. The molecular formula is C25H31NO. The number of hydrogen-bond acceptors (Lipinski definition) is 2. The van der Waals surface area contributed by atoms with Gasteiger partial charge in [0.05, 0.1) is 12.2 Å². The maximum atomic E-state index is 9.46. The highest BCUT2D eigenvalue weighted by molar-refractivity contribution is 5.46. The minimum atomic E-state index is 0.563. The molecule has 0 aliphatic heterocycles. The molecule has 0 unspecified atom stereocenters. The highest BCUT2D eigenvalue weighted by Gasteiger charge is 2.24. The van der Waals surface area contributed by atoms with Crippen LogP contribution in [0.15, 0.2) is 42.5 Å². The van der Waals surface area contributed by atoms with Gasteiger partial charge in [0.25, 0.3) is 0 Å². The molecule has 0 N–H and O–H groups in total. The Morgan fingerprint density at radius 2 is 1.52 bits per heavy atom. The van der Waals surface area contributed by atoms with Crippen molar-refractivity contribution in [1.82, 2.24) is 0 Å². The van der Waals surface area contributed by atoms with E-state index in [9.17, 15) is 5.26 Å². The van der Waals surface area contributed by atoms with Crippen molar-refractivity contribution in [2.24, 2.45) is 0 Å². The first-order chi connectivity index (χ1) is 13.2. The van der Waals surface area contributed by atoms with Crippen LogP contribution in [0.1, 0.15) is 86.5 Å². The summed E-state index contributed by atoms with van der Waals surface area (Å²) in [6, 6.07) is 17.8. The molecule has 1 saturated carbocycles. The Labute approximate surface area is 164 Å². The van der Waals surface area contributed by atoms with Crippen LogP contribution >= 0.6 is 0 Å². The Hall–Kier alpha value is -2.27. The zero-order chi connectivity index (χ0) is 19.1. The van der Waals surface area contributed by atoms with Crippen LogP contribution in [0.5, 0.6) is 5.75 Å². The van der Waals surface area contributed by atoms with Gasteiger partial charge in [-0.25, -0.2) is 0 Å². The molecule has 27 heavy (non-hydrogen) atoms. The lowest BCUT2D eigenvalue weighted by Gasteiger charge is -2.29. The molecule has 142 valence electrons. The fraction of sp³-hybridized carbons (Fsp3) is 0.480. The SMILES string of the molecule is CCCOc1ccc(C2CCC(c3ccc(CCC)cc3)CC2)cc1C#N. The molecular weight excluding hydrogens is 330 g/mol. The second-order valence-corrected chi connectivity index (χ2v) is 7.76. The van der Waals surface area contributed by atoms with E-state index in [1.54, 1.807) is 0 Å². The zero-order valence-electron chi connectivity index (χ0n) is 16.7. The van der Waals surface area contributed by atoms with Gasteiger partial charge in [-0.1, -0.05) is 50.6 Å². The number of hydrogen-bond donors (Lipinski definition) is 0. The van der Waals surface area contributed by atoms with E-state index in [4.69, 9.17) is 4.74 Å². The minimum absolute atomic E-state index is 0.563. The van der Waals surface area contributed by atoms with Gasteiger partial charge in [0.2, 0.25) is 0 Å². The maximum Gasteiger partial charge on any atom is 0.137 e. The molecule has 0 amide bonds. The van der Waals surface area contributed by atoms with Crippen LogP contribution in [0, 0.1) is 11.3 Å². The van der Waals surface area contributed by atoms with Crippen LogP contribution in [-0.4, -0.2) is 6.61 Å². The number of ether oxygens (including phenoxy) is 1. The summed E-state index contributed by atoms with van der Waals surface area (Å²) < 4.78 is 5.70. The fourth-order valence-electron chi connectivity index (χ4n) is 4.23. The van der Waals surface area contributed by atoms with Crippen LogP contribution in [0.4, 0.5) is 0 Å². The summed E-state index contributed by atoms with van der Waals surface area (Å²) in [6.07, 6.45) is 8.18. The van der Waals surface area contributed by atoms with Gasteiger partial charge in [-0.05, 0) is 79.2 Å². The molecule has 0 saturated heterocycles. The number of aryl methyl sites for hydroxylation is 1. The summed E-state index contributed by atoms with van der Waals surface area (Å²) in [4.78, 5) is 0. The van der Waals surface area contributed by atoms with Crippen LogP contribution in [0.2, 0.25) is 0 Å². The van der Waals surface area contributed by atoms with Gasteiger partial charge in [0.1, 0.15) is 11.8 Å². The van der Waals surface area contributed by atoms with Crippen molar-refractivity contribution in [3.8, 4) is 11.8 Å². The summed E-state index contributed by atoms with van der Waals surface area (Å²) in [5.41, 5.74) is 4.92. The van der Waals surface area contributed by atoms with E-state index < -0.39 is 0 Å². The third-order valence-electron chi connectivity index (χ3n) is 5.77. The van der Waals surface area contributed by atoms with Crippen LogP contribution in [0.3, 0.4) is 0 Å². The molecule has 0 radical (unpaired) electrons. The highest BCUT2D eigenvalue weighted by Crippen LogP contribution is 2.41. The first-order valence-electron chi connectivity index (χ1n) is 10.5. The van der Waals surface area contributed by atoms with E-state index in [0.717, 1.165) is 12.2 Å². The van der Waals surface area contributed by atoms with Crippen molar-refractivity contribution in [2.75, 3.05) is 6.61 Å². The molecule has 0 atom stereocenters. The molecule has 0 aromatic heterocycles. The van der Waals surface area contributed by atoms with E-state index in [-0.39, 0.29) is 0 Å². The van der Waals surface area contributed by atoms with Gasteiger partial charge in [-0.15, -0.1) is 0 Å². The summed E-state index contributed by atoms with van der Waals surface area (Å²) in [5, 5.41) is 9.46. The number of nitrogens with zero attached hydrogens (tertiary/aromatic N) is 1. The maximum absolute atomic E-state index is 9.46. The van der Waals surface area contributed by atoms with Crippen LogP contribution in [0.25, 0.3) is 0 Å². The van der Waals surface area contributed by atoms with E-state index in [1.807, 2.05) is 6.07 Å². The van der Waals surface area contributed by atoms with Gasteiger partial charge in [-0.3, -0.25) is 0 Å². The standard InChI is InChI=1S/C25H31NO/c1-3-5-19-6-8-20(9-7-19)21-10-12-22(13-11-21)23-14-15-25(27-16-4-2)24(17-23)18-26/h6-9,14-15,17,21-22H,3-5,10-13,16H2,1-2H3. The molecule has 0 spiro atoms. The number of nitriles is 1. The Balaban J connectivity index is 1.62. The average molecular weight is 362 g/mol. The predicted octanol–water partition coefficient (Wildman–Crippen LogP) is 6.74. The molecule has 2 heteroatoms. The second-order valence-electron chi connectivity index (χ2n) is 7.76. The first-order valence-corrected chi connectivity index (χ1v) is 10.5. The van der Waals surface area contributed by atoms with Gasteiger partial charge >= 0.3 is 0 Å². The second kappa shape index (κ2) is 9.60. The van der Waals surface area contributed by atoms with Gasteiger partial charge < -0.3 is 4.74 Å². The Morgan fingerprint density at radius 1 is 0.889 bits per heavy atom. The third kappa shape index (κ3) is 4.92. The lowest BCUT2D eigenvalue weighted by atomic mass is 9.76. The fourth-order valence-corrected chi connectivity index (χ4v) is 4.23. The summed E-state index contributed by atoms with van der Waals surface area (Å²) >= 11 is 0. The van der Waals surface area contributed by atoms with Crippen LogP contribution in [-0.2, 0) is 6.42 Å². The monoisotopic (exact) mass is 361 g/mol. The smallest absolute Gasteiger partial charge is 0.137 e. The van der Waals surface area contributed by atoms with Gasteiger partial charge in [0.15, 0.2) is 0 Å². The van der Waals surface area contributed by atoms with E-state index in [2.05, 4.69) is 56.3 Å². The normalized spacial score (nSPS) is 19.4. The Bertz CT molecular complexity index is 764. The van der Waals surface area contributed by atoms with E-state index in [1.165, 1.54) is 55.2 Å². The van der Waals surface area contributed by atoms with Gasteiger partial charge in [0, 0.05) is 0 Å². The topological polar surface area (TPSA) is 33.0 Å². The number of rotatable bonds is 7. The van der Waals surface area contributed by atoms with Crippen molar-refractivity contribution in [3.05, 3.63) is 64.7 Å². The van der Waals surface area contributed by atoms with Crippen LogP contribution < -0.4 is 4.74 Å². The predicted molar refractivity (Wildman–Crippen MR) is 111 cm³/mol. The first kappa shape index (κ1) is 19.5. The molecule has 1 aliphatic carbocycles. The highest BCUT2D eigenvalue weighted by atomic mass is 16.5. The quantitative estimate of drug-likeness (QED) is 0.547. The average Bonchev–Trinajstić information content (AvgIpc) is 2.73. The van der Waals surface area contributed by atoms with Crippen molar-refractivity contribution < 1.29 is 4.74 Å². The molecule has 0 bridgehead atoms.